The first-order valence-corrected chi connectivity index (χ1v) is 6.28. The standard InChI is InChI=1S/C15H20O/c1-15(11-5-6-12-15)14(16)10-9-13-7-3-2-4-8-13/h2-4,7-8H,5-6,9-12H2,1H3. The first kappa shape index (κ1) is 11.4. The minimum absolute atomic E-state index is 0.00518. The molecular weight excluding hydrogens is 196 g/mol. The van der Waals surface area contributed by atoms with Crippen LogP contribution in [0.25, 0.3) is 0 Å². The van der Waals surface area contributed by atoms with Gasteiger partial charge < -0.3 is 0 Å². The van der Waals surface area contributed by atoms with E-state index < -0.39 is 0 Å². The van der Waals surface area contributed by atoms with E-state index in [2.05, 4.69) is 19.1 Å². The molecule has 1 fully saturated rings. The van der Waals surface area contributed by atoms with Crippen LogP contribution in [-0.2, 0) is 11.2 Å². The first-order chi connectivity index (χ1) is 7.71. The summed E-state index contributed by atoms with van der Waals surface area (Å²) in [7, 11) is 0. The van der Waals surface area contributed by atoms with Crippen LogP contribution in [0.2, 0.25) is 0 Å². The third-order valence-electron chi connectivity index (χ3n) is 3.86. The maximum Gasteiger partial charge on any atom is 0.139 e. The quantitative estimate of drug-likeness (QED) is 0.748. The zero-order valence-corrected chi connectivity index (χ0v) is 10.0. The number of benzene rings is 1. The van der Waals surface area contributed by atoms with Crippen molar-refractivity contribution in [3.05, 3.63) is 35.9 Å². The van der Waals surface area contributed by atoms with E-state index in [4.69, 9.17) is 0 Å². The summed E-state index contributed by atoms with van der Waals surface area (Å²) >= 11 is 0. The zero-order valence-electron chi connectivity index (χ0n) is 10.0. The molecule has 1 aliphatic rings. The lowest BCUT2D eigenvalue weighted by atomic mass is 9.81. The zero-order chi connectivity index (χ0) is 11.4. The normalized spacial score (nSPS) is 18.6. The second kappa shape index (κ2) is 4.82. The van der Waals surface area contributed by atoms with Crippen molar-refractivity contribution in [1.82, 2.24) is 0 Å². The Hall–Kier alpha value is -1.11. The van der Waals surface area contributed by atoms with Crippen molar-refractivity contribution in [2.75, 3.05) is 0 Å². The number of ketones is 1. The summed E-state index contributed by atoms with van der Waals surface area (Å²) in [5, 5.41) is 0. The number of rotatable bonds is 4. The number of hydrogen-bond acceptors (Lipinski definition) is 1. The second-order valence-electron chi connectivity index (χ2n) is 5.18. The van der Waals surface area contributed by atoms with Crippen LogP contribution in [0.4, 0.5) is 0 Å². The molecular formula is C15H20O. The lowest BCUT2D eigenvalue weighted by Gasteiger charge is -2.21. The fourth-order valence-corrected chi connectivity index (χ4v) is 2.64. The van der Waals surface area contributed by atoms with Crippen LogP contribution in [0.15, 0.2) is 30.3 Å². The van der Waals surface area contributed by atoms with E-state index in [0.29, 0.717) is 12.2 Å². The van der Waals surface area contributed by atoms with Gasteiger partial charge in [-0.25, -0.2) is 0 Å². The van der Waals surface area contributed by atoms with E-state index in [1.807, 2.05) is 18.2 Å². The summed E-state index contributed by atoms with van der Waals surface area (Å²) in [5.41, 5.74) is 1.27. The van der Waals surface area contributed by atoms with E-state index in [-0.39, 0.29) is 5.41 Å². The van der Waals surface area contributed by atoms with Gasteiger partial charge in [0.1, 0.15) is 5.78 Å². The van der Waals surface area contributed by atoms with Crippen molar-refractivity contribution in [2.24, 2.45) is 5.41 Å². The third kappa shape index (κ3) is 2.52. The lowest BCUT2D eigenvalue weighted by molar-refractivity contribution is -0.127. The molecule has 0 aliphatic heterocycles. The van der Waals surface area contributed by atoms with Gasteiger partial charge in [-0.2, -0.15) is 0 Å². The van der Waals surface area contributed by atoms with Gasteiger partial charge in [0.25, 0.3) is 0 Å². The lowest BCUT2D eigenvalue weighted by Crippen LogP contribution is -2.24. The predicted octanol–water partition coefficient (Wildman–Crippen LogP) is 3.77. The Kier molecular flexibility index (Phi) is 3.42. The summed E-state index contributed by atoms with van der Waals surface area (Å²) in [6.45, 7) is 2.15. The highest BCUT2D eigenvalue weighted by Gasteiger charge is 2.35. The Balaban J connectivity index is 1.89. The monoisotopic (exact) mass is 216 g/mol. The molecule has 1 aliphatic carbocycles. The van der Waals surface area contributed by atoms with Crippen molar-refractivity contribution in [2.45, 2.75) is 45.4 Å². The number of aryl methyl sites for hydroxylation is 1. The molecule has 0 spiro atoms. The topological polar surface area (TPSA) is 17.1 Å². The van der Waals surface area contributed by atoms with E-state index in [0.717, 1.165) is 19.3 Å². The fourth-order valence-electron chi connectivity index (χ4n) is 2.64. The van der Waals surface area contributed by atoms with Gasteiger partial charge in [-0.15, -0.1) is 0 Å². The minimum atomic E-state index is -0.00518. The van der Waals surface area contributed by atoms with E-state index in [1.165, 1.54) is 18.4 Å². The molecule has 0 bridgehead atoms. The fraction of sp³-hybridized carbons (Fsp3) is 0.533. The highest BCUT2D eigenvalue weighted by atomic mass is 16.1. The largest absolute Gasteiger partial charge is 0.299 e. The van der Waals surface area contributed by atoms with Gasteiger partial charge in [-0.05, 0) is 24.8 Å². The summed E-state index contributed by atoms with van der Waals surface area (Å²) < 4.78 is 0. The predicted molar refractivity (Wildman–Crippen MR) is 66.3 cm³/mol. The van der Waals surface area contributed by atoms with Gasteiger partial charge in [-0.3, -0.25) is 4.79 Å². The SMILES string of the molecule is CC1(C(=O)CCc2ccccc2)CCCC1. The highest BCUT2D eigenvalue weighted by Crippen LogP contribution is 2.39. The molecule has 1 heteroatoms. The molecule has 0 saturated heterocycles. The Morgan fingerprint density at radius 3 is 2.44 bits per heavy atom. The number of carbonyl (C=O) groups is 1. The summed E-state index contributed by atoms with van der Waals surface area (Å²) in [6, 6.07) is 10.3. The van der Waals surface area contributed by atoms with Crippen LogP contribution in [0.3, 0.4) is 0 Å². The molecule has 0 N–H and O–H groups in total. The maximum absolute atomic E-state index is 12.1. The molecule has 1 aromatic carbocycles. The smallest absolute Gasteiger partial charge is 0.139 e. The molecule has 1 nitrogen and oxygen atoms in total. The van der Waals surface area contributed by atoms with Crippen LogP contribution in [0.5, 0.6) is 0 Å². The molecule has 0 heterocycles. The third-order valence-corrected chi connectivity index (χ3v) is 3.86. The van der Waals surface area contributed by atoms with Crippen molar-refractivity contribution >= 4 is 5.78 Å². The molecule has 0 amide bonds. The van der Waals surface area contributed by atoms with Gasteiger partial charge in [-0.1, -0.05) is 50.1 Å². The minimum Gasteiger partial charge on any atom is -0.299 e. The van der Waals surface area contributed by atoms with Gasteiger partial charge >= 0.3 is 0 Å². The van der Waals surface area contributed by atoms with Crippen LogP contribution < -0.4 is 0 Å². The van der Waals surface area contributed by atoms with Crippen LogP contribution >= 0.6 is 0 Å². The average molecular weight is 216 g/mol. The summed E-state index contributed by atoms with van der Waals surface area (Å²) in [6.07, 6.45) is 6.26. The molecule has 0 unspecified atom stereocenters. The van der Waals surface area contributed by atoms with E-state index in [1.54, 1.807) is 0 Å². The van der Waals surface area contributed by atoms with Crippen LogP contribution in [-0.4, -0.2) is 5.78 Å². The number of carbonyl (C=O) groups excluding carboxylic acids is 1. The van der Waals surface area contributed by atoms with Crippen molar-refractivity contribution in [1.29, 1.82) is 0 Å². The van der Waals surface area contributed by atoms with Crippen LogP contribution in [0, 0.1) is 5.41 Å². The molecule has 2 rings (SSSR count). The van der Waals surface area contributed by atoms with Crippen molar-refractivity contribution in [3.63, 3.8) is 0 Å². The van der Waals surface area contributed by atoms with Crippen molar-refractivity contribution < 1.29 is 4.79 Å². The van der Waals surface area contributed by atoms with Crippen LogP contribution in [0.1, 0.15) is 44.6 Å². The molecule has 0 radical (unpaired) electrons. The first-order valence-electron chi connectivity index (χ1n) is 6.28. The van der Waals surface area contributed by atoms with Gasteiger partial charge in [0.05, 0.1) is 0 Å². The Morgan fingerprint density at radius 1 is 1.19 bits per heavy atom. The number of hydrogen-bond donors (Lipinski definition) is 0. The molecule has 0 atom stereocenters. The average Bonchev–Trinajstić information content (AvgIpc) is 2.76. The Bertz CT molecular complexity index is 347. The maximum atomic E-state index is 12.1. The Morgan fingerprint density at radius 2 is 1.81 bits per heavy atom. The summed E-state index contributed by atoms with van der Waals surface area (Å²) in [5.74, 6) is 0.467. The van der Waals surface area contributed by atoms with Gasteiger partial charge in [0.2, 0.25) is 0 Å². The Labute approximate surface area is 97.9 Å². The van der Waals surface area contributed by atoms with E-state index in [9.17, 15) is 4.79 Å². The molecule has 1 saturated carbocycles. The second-order valence-corrected chi connectivity index (χ2v) is 5.18. The molecule has 86 valence electrons. The number of Topliss-reactive ketones (excluding diaryl/α,β-unsaturated/α-hetero) is 1. The van der Waals surface area contributed by atoms with E-state index >= 15 is 0 Å². The molecule has 1 aromatic rings. The van der Waals surface area contributed by atoms with Gasteiger partial charge in [0.15, 0.2) is 0 Å². The molecule has 16 heavy (non-hydrogen) atoms. The van der Waals surface area contributed by atoms with Gasteiger partial charge in [0, 0.05) is 11.8 Å². The highest BCUT2D eigenvalue weighted by molar-refractivity contribution is 5.84. The molecule has 0 aromatic heterocycles. The van der Waals surface area contributed by atoms with Crippen molar-refractivity contribution in [3.8, 4) is 0 Å². The summed E-state index contributed by atoms with van der Waals surface area (Å²) in [4.78, 5) is 12.1.